The van der Waals surface area contributed by atoms with Gasteiger partial charge in [0.1, 0.15) is 0 Å². The van der Waals surface area contributed by atoms with Crippen LogP contribution in [0.1, 0.15) is 37.5 Å². The third-order valence-corrected chi connectivity index (χ3v) is 6.92. The molecule has 3 nitrogen and oxygen atoms in total. The fourth-order valence-corrected chi connectivity index (χ4v) is 5.35. The van der Waals surface area contributed by atoms with Gasteiger partial charge in [0.25, 0.3) is 0 Å². The molecule has 5 heteroatoms. The molecular weight excluding hydrogens is 328 g/mol. The first kappa shape index (κ1) is 18.0. The van der Waals surface area contributed by atoms with Crippen molar-refractivity contribution in [1.82, 2.24) is 0 Å². The van der Waals surface area contributed by atoms with Crippen molar-refractivity contribution < 1.29 is 13.5 Å². The number of aryl methyl sites for hydroxylation is 1. The Morgan fingerprint density at radius 2 is 1.65 bits per heavy atom. The van der Waals surface area contributed by atoms with Crippen molar-refractivity contribution in [3.05, 3.63) is 59.2 Å². The molecule has 0 aliphatic carbocycles. The van der Waals surface area contributed by atoms with E-state index in [1.54, 1.807) is 36.4 Å². The summed E-state index contributed by atoms with van der Waals surface area (Å²) in [6.45, 7) is 7.97. The van der Waals surface area contributed by atoms with Crippen LogP contribution in [0.5, 0.6) is 0 Å². The van der Waals surface area contributed by atoms with Gasteiger partial charge in [-0.05, 0) is 41.7 Å². The van der Waals surface area contributed by atoms with Gasteiger partial charge in [0.05, 0.1) is 11.5 Å². The second-order valence-corrected chi connectivity index (χ2v) is 10.4. The van der Waals surface area contributed by atoms with Crippen LogP contribution in [0.3, 0.4) is 0 Å². The van der Waals surface area contributed by atoms with Crippen molar-refractivity contribution in [3.63, 3.8) is 0 Å². The molecule has 0 amide bonds. The van der Waals surface area contributed by atoms with E-state index in [1.165, 1.54) is 0 Å². The SMILES string of the molecule is Cc1ccc(S(=O)(=O)Sc2ccc(CO)cc2C(C)(C)C)cc1. The van der Waals surface area contributed by atoms with Gasteiger partial charge in [-0.3, -0.25) is 0 Å². The number of aliphatic hydroxyl groups excluding tert-OH is 1. The van der Waals surface area contributed by atoms with Gasteiger partial charge in [-0.2, -0.15) is 0 Å². The Kier molecular flexibility index (Phi) is 5.23. The standard InChI is InChI=1S/C18H22O3S2/c1-13-5-8-15(9-6-13)23(20,21)22-17-10-7-14(12-19)11-16(17)18(2,3)4/h5-11,19H,12H2,1-4H3. The van der Waals surface area contributed by atoms with Crippen molar-refractivity contribution in [2.75, 3.05) is 0 Å². The van der Waals surface area contributed by atoms with Crippen LogP contribution in [0.15, 0.2) is 52.3 Å². The lowest BCUT2D eigenvalue weighted by atomic mass is 9.86. The quantitative estimate of drug-likeness (QED) is 0.837. The topological polar surface area (TPSA) is 54.4 Å². The molecule has 23 heavy (non-hydrogen) atoms. The maximum absolute atomic E-state index is 12.7. The summed E-state index contributed by atoms with van der Waals surface area (Å²) < 4.78 is 25.3. The zero-order valence-corrected chi connectivity index (χ0v) is 15.5. The summed E-state index contributed by atoms with van der Waals surface area (Å²) in [5.41, 5.74) is 2.52. The van der Waals surface area contributed by atoms with E-state index in [4.69, 9.17) is 0 Å². The Balaban J connectivity index is 2.45. The molecule has 0 aromatic heterocycles. The smallest absolute Gasteiger partial charge is 0.234 e. The highest BCUT2D eigenvalue weighted by molar-refractivity contribution is 8.72. The summed E-state index contributed by atoms with van der Waals surface area (Å²) in [4.78, 5) is 1.01. The molecule has 0 saturated carbocycles. The highest BCUT2D eigenvalue weighted by Gasteiger charge is 2.24. The highest BCUT2D eigenvalue weighted by Crippen LogP contribution is 2.38. The minimum Gasteiger partial charge on any atom is -0.392 e. The first-order valence-corrected chi connectivity index (χ1v) is 10.2. The number of benzene rings is 2. The van der Waals surface area contributed by atoms with Crippen molar-refractivity contribution in [3.8, 4) is 0 Å². The fraction of sp³-hybridized carbons (Fsp3) is 0.333. The van der Waals surface area contributed by atoms with Crippen LogP contribution in [0.4, 0.5) is 0 Å². The van der Waals surface area contributed by atoms with E-state index in [1.807, 2.05) is 33.8 Å². The molecule has 0 heterocycles. The molecule has 0 fully saturated rings. The Labute approximate surface area is 142 Å². The molecule has 0 aliphatic heterocycles. The van der Waals surface area contributed by atoms with E-state index >= 15 is 0 Å². The maximum atomic E-state index is 12.7. The molecule has 1 N–H and O–H groups in total. The van der Waals surface area contributed by atoms with Crippen molar-refractivity contribution in [1.29, 1.82) is 0 Å². The maximum Gasteiger partial charge on any atom is 0.234 e. The van der Waals surface area contributed by atoms with Gasteiger partial charge < -0.3 is 5.11 Å². The molecule has 0 atom stereocenters. The zero-order chi connectivity index (χ0) is 17.3. The van der Waals surface area contributed by atoms with Crippen LogP contribution in [0.2, 0.25) is 0 Å². The molecule has 2 rings (SSSR count). The molecule has 0 aliphatic rings. The molecule has 0 spiro atoms. The Morgan fingerprint density at radius 3 is 2.17 bits per heavy atom. The van der Waals surface area contributed by atoms with Crippen molar-refractivity contribution >= 4 is 19.7 Å². The lowest BCUT2D eigenvalue weighted by Crippen LogP contribution is -2.13. The number of rotatable bonds is 4. The molecule has 124 valence electrons. The Hall–Kier alpha value is -1.30. The fourth-order valence-electron chi connectivity index (χ4n) is 2.21. The predicted octanol–water partition coefficient (Wildman–Crippen LogP) is 4.27. The average molecular weight is 351 g/mol. The molecule has 2 aromatic rings. The van der Waals surface area contributed by atoms with Gasteiger partial charge in [0.2, 0.25) is 8.87 Å². The molecule has 0 bridgehead atoms. The van der Waals surface area contributed by atoms with Gasteiger partial charge in [0, 0.05) is 15.7 Å². The number of aliphatic hydroxyl groups is 1. The third-order valence-electron chi connectivity index (χ3n) is 3.54. The monoisotopic (exact) mass is 350 g/mol. The van der Waals surface area contributed by atoms with Gasteiger partial charge in [-0.1, -0.05) is 50.6 Å². The summed E-state index contributed by atoms with van der Waals surface area (Å²) in [6.07, 6.45) is 0. The van der Waals surface area contributed by atoms with Crippen LogP contribution in [-0.2, 0) is 20.9 Å². The minimum absolute atomic E-state index is 0.0568. The van der Waals surface area contributed by atoms with Gasteiger partial charge >= 0.3 is 0 Å². The first-order chi connectivity index (χ1) is 10.6. The predicted molar refractivity (Wildman–Crippen MR) is 95.3 cm³/mol. The molecule has 0 radical (unpaired) electrons. The minimum atomic E-state index is -3.48. The van der Waals surface area contributed by atoms with Crippen LogP contribution in [0.25, 0.3) is 0 Å². The Morgan fingerprint density at radius 1 is 1.04 bits per heavy atom. The largest absolute Gasteiger partial charge is 0.392 e. The van der Waals surface area contributed by atoms with E-state index in [2.05, 4.69) is 0 Å². The number of hydrogen-bond donors (Lipinski definition) is 1. The summed E-state index contributed by atoms with van der Waals surface area (Å²) in [7, 11) is -2.61. The lowest BCUT2D eigenvalue weighted by molar-refractivity contribution is 0.281. The van der Waals surface area contributed by atoms with E-state index < -0.39 is 8.87 Å². The molecule has 0 saturated heterocycles. The second kappa shape index (κ2) is 6.67. The summed E-state index contributed by atoms with van der Waals surface area (Å²) in [5, 5.41) is 9.33. The number of hydrogen-bond acceptors (Lipinski definition) is 4. The average Bonchev–Trinajstić information content (AvgIpc) is 2.46. The molecular formula is C18H22O3S2. The molecule has 2 aromatic carbocycles. The first-order valence-electron chi connectivity index (χ1n) is 7.39. The van der Waals surface area contributed by atoms with Crippen LogP contribution in [0, 0.1) is 6.92 Å². The highest BCUT2D eigenvalue weighted by atomic mass is 33.1. The van der Waals surface area contributed by atoms with E-state index in [0.717, 1.165) is 27.5 Å². The Bertz CT molecular complexity index is 786. The van der Waals surface area contributed by atoms with E-state index in [9.17, 15) is 13.5 Å². The van der Waals surface area contributed by atoms with Gasteiger partial charge in [0.15, 0.2) is 0 Å². The normalized spacial score (nSPS) is 12.4. The van der Waals surface area contributed by atoms with Crippen LogP contribution < -0.4 is 0 Å². The molecule has 0 unspecified atom stereocenters. The van der Waals surface area contributed by atoms with E-state index in [-0.39, 0.29) is 12.0 Å². The van der Waals surface area contributed by atoms with Crippen molar-refractivity contribution in [2.45, 2.75) is 49.5 Å². The second-order valence-electron chi connectivity index (χ2n) is 6.59. The van der Waals surface area contributed by atoms with Gasteiger partial charge in [-0.15, -0.1) is 0 Å². The zero-order valence-electron chi connectivity index (χ0n) is 13.8. The third kappa shape index (κ3) is 4.37. The summed E-state index contributed by atoms with van der Waals surface area (Å²) in [5.74, 6) is 0. The van der Waals surface area contributed by atoms with Crippen LogP contribution >= 0.6 is 10.8 Å². The van der Waals surface area contributed by atoms with E-state index in [0.29, 0.717) is 9.79 Å². The summed E-state index contributed by atoms with van der Waals surface area (Å²) >= 11 is 0. The summed E-state index contributed by atoms with van der Waals surface area (Å²) in [6, 6.07) is 12.3. The van der Waals surface area contributed by atoms with Crippen molar-refractivity contribution in [2.24, 2.45) is 0 Å². The van der Waals surface area contributed by atoms with Gasteiger partial charge in [-0.25, -0.2) is 8.42 Å². The lowest BCUT2D eigenvalue weighted by Gasteiger charge is -2.23. The van der Waals surface area contributed by atoms with Crippen LogP contribution in [-0.4, -0.2) is 13.5 Å².